The highest BCUT2D eigenvalue weighted by Crippen LogP contribution is 2.43. The number of cyclic esters (lactones) is 1. The summed E-state index contributed by atoms with van der Waals surface area (Å²) in [5, 5.41) is 47.2. The topological polar surface area (TPSA) is 464 Å². The molecule has 3 fully saturated rings. The highest BCUT2D eigenvalue weighted by atomic mass is 16.7. The van der Waals surface area contributed by atoms with E-state index in [9.17, 15) is 44.1 Å². The molecule has 712 valence electrons. The van der Waals surface area contributed by atoms with Crippen molar-refractivity contribution in [3.8, 4) is 0 Å². The molecule has 2 bridgehead atoms. The second kappa shape index (κ2) is 54.0. The maximum Gasteiger partial charge on any atom is 0.329 e. The maximum absolute atomic E-state index is 14.8. The number of unbranched alkanes of at least 4 members (excludes halogenated alkanes) is 1. The second-order valence-electron chi connectivity index (χ2n) is 33.9. The number of nitrogens with one attached hydrogen (secondary N) is 1. The van der Waals surface area contributed by atoms with Crippen molar-refractivity contribution >= 4 is 63.8 Å². The molecular formula is C92H139N11O25. The van der Waals surface area contributed by atoms with Crippen molar-refractivity contribution in [1.82, 2.24) is 40.2 Å². The molecule has 3 aromatic heterocycles. The number of benzene rings is 1. The quantitative estimate of drug-likeness (QED) is 0.0106. The highest BCUT2D eigenvalue weighted by molar-refractivity contribution is 6.39. The minimum absolute atomic E-state index is 0.00875. The molecule has 8 N–H and O–H groups in total. The van der Waals surface area contributed by atoms with E-state index in [2.05, 4.69) is 30.6 Å². The van der Waals surface area contributed by atoms with Crippen LogP contribution in [0.25, 0.3) is 11.1 Å². The number of esters is 1. The molecule has 1 unspecified atom stereocenters. The van der Waals surface area contributed by atoms with Gasteiger partial charge in [0, 0.05) is 83.4 Å². The largest absolute Gasteiger partial charge is 0.460 e. The first-order chi connectivity index (χ1) is 61.7. The molecule has 16 atom stereocenters. The van der Waals surface area contributed by atoms with Crippen molar-refractivity contribution in [1.29, 1.82) is 0 Å². The summed E-state index contributed by atoms with van der Waals surface area (Å²) in [4.78, 5) is 104. The van der Waals surface area contributed by atoms with Crippen molar-refractivity contribution in [3.05, 3.63) is 101 Å². The molecule has 4 aliphatic heterocycles. The fraction of sp³-hybridized carbons (Fsp3) is 0.696. The van der Waals surface area contributed by atoms with E-state index in [4.69, 9.17) is 91.9 Å². The Morgan fingerprint density at radius 2 is 1.41 bits per heavy atom. The number of carbonyl (C=O) groups is 6. The number of piperidine rings is 1. The second-order valence-corrected chi connectivity index (χ2v) is 33.9. The van der Waals surface area contributed by atoms with Gasteiger partial charge in [-0.25, -0.2) is 19.4 Å². The van der Waals surface area contributed by atoms with E-state index in [0.29, 0.717) is 203 Å². The molecule has 0 radical (unpaired) electrons. The Morgan fingerprint density at radius 3 is 2.08 bits per heavy atom. The minimum Gasteiger partial charge on any atom is -0.460 e. The number of allylic oxidation sites excluding steroid dienone is 6. The Morgan fingerprint density at radius 1 is 0.734 bits per heavy atom. The van der Waals surface area contributed by atoms with Gasteiger partial charge >= 0.3 is 5.97 Å². The van der Waals surface area contributed by atoms with Crippen LogP contribution < -0.4 is 16.8 Å². The summed E-state index contributed by atoms with van der Waals surface area (Å²) in [7, 11) is 4.47. The lowest BCUT2D eigenvalue weighted by molar-refractivity contribution is -0.360. The Balaban J connectivity index is 0.589. The van der Waals surface area contributed by atoms with Crippen molar-refractivity contribution < 1.29 is 120 Å². The lowest BCUT2D eigenvalue weighted by Gasteiger charge is -2.46. The minimum atomic E-state index is -2.76. The predicted molar refractivity (Wildman–Crippen MR) is 471 cm³/mol. The average molecular weight is 1800 g/mol. The first kappa shape index (κ1) is 104. The zero-order valence-corrected chi connectivity index (χ0v) is 76.4. The summed E-state index contributed by atoms with van der Waals surface area (Å²) in [5.74, 6) is -11.1. The molecule has 1 aromatic carbocycles. The van der Waals surface area contributed by atoms with Crippen LogP contribution in [0.1, 0.15) is 180 Å². The summed E-state index contributed by atoms with van der Waals surface area (Å²) in [5.41, 5.74) is 18.0. The van der Waals surface area contributed by atoms with Crippen LogP contribution in [-0.4, -0.2) is 299 Å². The number of Topliss-reactive ketones (excluding diaryl/α,β-unsaturated/α-hetero) is 3. The third kappa shape index (κ3) is 32.1. The lowest BCUT2D eigenvalue weighted by atomic mass is 9.78. The molecule has 1 saturated carbocycles. The van der Waals surface area contributed by atoms with Crippen LogP contribution in [-0.2, 0) is 113 Å². The number of rotatable bonds is 45. The number of aliphatic imine (C=N–C) groups is 1. The van der Waals surface area contributed by atoms with Gasteiger partial charge in [-0.15, -0.1) is 5.10 Å². The van der Waals surface area contributed by atoms with Crippen LogP contribution in [0.15, 0.2) is 87.7 Å². The number of nitrogen functional groups attached to an aromatic ring is 2. The molecule has 1 aliphatic carbocycles. The number of aliphatic hydroxyl groups excluding tert-OH is 1. The van der Waals surface area contributed by atoms with Gasteiger partial charge in [0.1, 0.15) is 53.5 Å². The number of hydrogen-bond acceptors (Lipinski definition) is 33. The number of hydrogen-bond donors (Lipinski definition) is 6. The maximum atomic E-state index is 14.8. The summed E-state index contributed by atoms with van der Waals surface area (Å²) in [6.45, 7) is 20.6. The Bertz CT molecular complexity index is 4270. The normalized spacial score (nSPS) is 27.9. The number of amides is 2. The van der Waals surface area contributed by atoms with Gasteiger partial charge in [-0.3, -0.25) is 29.0 Å². The van der Waals surface area contributed by atoms with Gasteiger partial charge in [0.25, 0.3) is 17.7 Å². The molecule has 7 heterocycles. The SMILES string of the molecule is CO[C@H]1C[C@]2(O)CC[C@@H](C)[C@@](O)(O2)C(=O)C(=O)N2CCCC[C@H]2C(=O)O[C@H]([C@H](C)C[C@@H]2CC[C@@H](OCCOCc3cn(CCOCCOCCOCCOCCOCCOCCOCCOCCC(=O)NCCCCC4N=C(c5ccc6oc(N)nc6c5)c5c(N)ncnc54)nn3)[C@H](OC)C2)CC(=O)[C@H](C)/C=C(\C)[C@@H](O)[C@@H](OC)C(=O)[C@H](C)C[C@H](C)/C=C/C=C/C=C/1C. The molecule has 0 spiro atoms. The molecule has 2 saturated heterocycles. The van der Waals surface area contributed by atoms with Crippen molar-refractivity contribution in [3.63, 3.8) is 0 Å². The smallest absolute Gasteiger partial charge is 0.329 e. The van der Waals surface area contributed by atoms with Crippen LogP contribution in [0.4, 0.5) is 11.8 Å². The Labute approximate surface area is 750 Å². The van der Waals surface area contributed by atoms with E-state index >= 15 is 0 Å². The molecule has 9 rings (SSSR count). The summed E-state index contributed by atoms with van der Waals surface area (Å²) >= 11 is 0. The highest BCUT2D eigenvalue weighted by Gasteiger charge is 2.57. The molecule has 36 heteroatoms. The number of carbonyl (C=O) groups excluding carboxylic acids is 6. The van der Waals surface area contributed by atoms with Crippen LogP contribution in [0.3, 0.4) is 0 Å². The van der Waals surface area contributed by atoms with Crippen LogP contribution in [0, 0.1) is 35.5 Å². The van der Waals surface area contributed by atoms with E-state index in [1.165, 1.54) is 20.5 Å². The Hall–Kier alpha value is -8.12. The molecule has 128 heavy (non-hydrogen) atoms. The number of nitrogens with two attached hydrogens (primary N) is 2. The van der Waals surface area contributed by atoms with Gasteiger partial charge in [0.15, 0.2) is 17.2 Å². The summed E-state index contributed by atoms with van der Waals surface area (Å²) in [6, 6.07) is 4.21. The third-order valence-corrected chi connectivity index (χ3v) is 24.1. The van der Waals surface area contributed by atoms with Crippen LogP contribution >= 0.6 is 0 Å². The van der Waals surface area contributed by atoms with Gasteiger partial charge in [0.2, 0.25) is 11.7 Å². The van der Waals surface area contributed by atoms with Crippen molar-refractivity contribution in [2.45, 2.75) is 225 Å². The fourth-order valence-corrected chi connectivity index (χ4v) is 16.7. The zero-order chi connectivity index (χ0) is 92.0. The van der Waals surface area contributed by atoms with Crippen LogP contribution in [0.5, 0.6) is 0 Å². The summed E-state index contributed by atoms with van der Waals surface area (Å²) in [6.07, 6.45) is 15.6. The summed E-state index contributed by atoms with van der Waals surface area (Å²) < 4.78 is 94.2. The van der Waals surface area contributed by atoms with Gasteiger partial charge in [-0.05, 0) is 138 Å². The number of aliphatic hydroxyl groups is 3. The third-order valence-electron chi connectivity index (χ3n) is 24.1. The van der Waals surface area contributed by atoms with Crippen molar-refractivity contribution in [2.75, 3.05) is 165 Å². The number of oxazole rings is 1. The monoisotopic (exact) mass is 1800 g/mol. The van der Waals surface area contributed by atoms with Gasteiger partial charge in [-0.1, -0.05) is 76.3 Å². The fourth-order valence-electron chi connectivity index (χ4n) is 16.7. The van der Waals surface area contributed by atoms with E-state index in [0.717, 1.165) is 47.4 Å². The van der Waals surface area contributed by atoms with Crippen LogP contribution in [0.2, 0.25) is 0 Å². The number of ether oxygens (including phenoxy) is 15. The average Bonchev–Trinajstić information content (AvgIpc) is 1.18. The Kier molecular flexibility index (Phi) is 43.7. The molecular weight excluding hydrogens is 1660 g/mol. The number of fused-ring (bicyclic) bond motifs is 5. The molecule has 2 amide bonds. The lowest BCUT2D eigenvalue weighted by Crippen LogP contribution is -2.63. The van der Waals surface area contributed by atoms with E-state index in [1.807, 2.05) is 44.2 Å². The number of nitrogens with zero attached hydrogens (tertiary/aromatic N) is 8. The first-order valence-corrected chi connectivity index (χ1v) is 45.3. The van der Waals surface area contributed by atoms with Gasteiger partial charge in [0.05, 0.1) is 180 Å². The van der Waals surface area contributed by atoms with E-state index in [1.54, 1.807) is 76.9 Å². The standard InChI is InChI=1S/C92H139N11O25/c1-60-18-12-11-13-19-61(2)78(114-9)56-91(111)28-26-66(7)92(112,128-91)86(108)88(109)103-30-17-15-21-72(103)89(110)126-76(55-73(104)62(3)51-65(6)84(107)85(115-10)83(106)64(5)50-60)63(4)52-67-22-24-75(77(53-67)113-8)125-49-48-124-58-69-57-102(101-100-69)31-33-117-35-37-119-39-41-121-43-45-123-47-46-122-44-42-120-40-38-118-36-34-116-32-27-79(105)95-29-16-14-20-70-82-80(87(93)97-59-96-82)81(98-70)68-23-25-74-71(54-68)99-90(94)127-74/h11-13,18-19,23,25,51,54,57,59-60,62-64,66-67,70,72,75-78,84-85,107,111-112H,14-17,20-22,24,26-50,52-53,55-56,58H2,1-10H3,(H2,94,99)(H,95,105)(H2,93,96,97)/b13-11+,18-12+,61-19+,65-51+/t60-,62-,63-,64-,66-,67+,70?,72+,75-,76+,77-,78+,84-,85+,91+,92-/m1/s1. The van der Waals surface area contributed by atoms with Gasteiger partial charge in [-0.2, -0.15) is 4.98 Å². The van der Waals surface area contributed by atoms with Gasteiger partial charge < -0.3 is 112 Å². The first-order valence-electron chi connectivity index (χ1n) is 45.3. The number of methoxy groups -OCH3 is 3. The number of aromatic nitrogens is 6. The number of ketones is 3. The number of anilines is 2. The zero-order valence-electron chi connectivity index (χ0n) is 76.4. The molecule has 5 aliphatic rings. The van der Waals surface area contributed by atoms with E-state index < -0.39 is 83.4 Å². The molecule has 4 aromatic rings. The van der Waals surface area contributed by atoms with Crippen molar-refractivity contribution in [2.24, 2.45) is 40.5 Å². The van der Waals surface area contributed by atoms with E-state index in [-0.39, 0.29) is 112 Å². The molecule has 36 nitrogen and oxygen atoms in total. The predicted octanol–water partition coefficient (Wildman–Crippen LogP) is 7.83.